The van der Waals surface area contributed by atoms with Gasteiger partial charge in [0.2, 0.25) is 0 Å². The highest BCUT2D eigenvalue weighted by Gasteiger charge is 2.05. The zero-order chi connectivity index (χ0) is 11.5. The molecule has 0 radical (unpaired) electrons. The Hall–Kier alpha value is -1.81. The van der Waals surface area contributed by atoms with E-state index >= 15 is 0 Å². The van der Waals surface area contributed by atoms with Gasteiger partial charge < -0.3 is 15.0 Å². The van der Waals surface area contributed by atoms with Crippen molar-refractivity contribution in [1.82, 2.24) is 9.55 Å². The third-order valence-electron chi connectivity index (χ3n) is 2.56. The van der Waals surface area contributed by atoms with E-state index in [1.807, 2.05) is 29.8 Å². The fourth-order valence-electron chi connectivity index (χ4n) is 1.73. The highest BCUT2D eigenvalue weighted by Crippen LogP contribution is 2.21. The van der Waals surface area contributed by atoms with Gasteiger partial charge in [-0.3, -0.25) is 0 Å². The van der Waals surface area contributed by atoms with E-state index in [0.29, 0.717) is 6.54 Å². The molecular weight excluding hydrogens is 202 g/mol. The lowest BCUT2D eigenvalue weighted by Crippen LogP contribution is -2.06. The Kier molecular flexibility index (Phi) is 2.92. The van der Waals surface area contributed by atoms with Crippen LogP contribution in [0, 0.1) is 6.92 Å². The van der Waals surface area contributed by atoms with Gasteiger partial charge in [0.15, 0.2) is 0 Å². The standard InChI is InChI=1S/C12H15N3O/c1-9-7-10(3-4-11(9)16-2)15-6-5-14-12(15)8-13/h3-7H,8,13H2,1-2H3. The lowest BCUT2D eigenvalue weighted by Gasteiger charge is -2.10. The number of nitrogens with zero attached hydrogens (tertiary/aromatic N) is 2. The van der Waals surface area contributed by atoms with Crippen molar-refractivity contribution < 1.29 is 4.74 Å². The molecule has 1 heterocycles. The zero-order valence-electron chi connectivity index (χ0n) is 9.47. The Balaban J connectivity index is 2.45. The topological polar surface area (TPSA) is 53.1 Å². The predicted octanol–water partition coefficient (Wildman–Crippen LogP) is 1.65. The molecule has 1 aromatic heterocycles. The number of imidazole rings is 1. The number of hydrogen-bond donors (Lipinski definition) is 1. The van der Waals surface area contributed by atoms with Crippen LogP contribution in [-0.4, -0.2) is 16.7 Å². The Bertz CT molecular complexity index is 491. The first kappa shape index (κ1) is 10.7. The predicted molar refractivity (Wildman–Crippen MR) is 62.7 cm³/mol. The maximum Gasteiger partial charge on any atom is 0.126 e. The van der Waals surface area contributed by atoms with Crippen LogP contribution in [0.4, 0.5) is 0 Å². The van der Waals surface area contributed by atoms with Gasteiger partial charge in [-0.2, -0.15) is 0 Å². The molecule has 1 aromatic carbocycles. The number of ether oxygens (including phenoxy) is 1. The molecule has 0 bridgehead atoms. The smallest absolute Gasteiger partial charge is 0.126 e. The summed E-state index contributed by atoms with van der Waals surface area (Å²) < 4.78 is 7.20. The monoisotopic (exact) mass is 217 g/mol. The first-order chi connectivity index (χ1) is 7.76. The highest BCUT2D eigenvalue weighted by atomic mass is 16.5. The second-order valence-corrected chi connectivity index (χ2v) is 3.57. The minimum atomic E-state index is 0.429. The van der Waals surface area contributed by atoms with Crippen LogP contribution >= 0.6 is 0 Å². The van der Waals surface area contributed by atoms with Gasteiger partial charge in [-0.05, 0) is 30.7 Å². The zero-order valence-corrected chi connectivity index (χ0v) is 9.47. The fraction of sp³-hybridized carbons (Fsp3) is 0.250. The molecule has 4 heteroatoms. The fourth-order valence-corrected chi connectivity index (χ4v) is 1.73. The average Bonchev–Trinajstić information content (AvgIpc) is 2.77. The molecule has 0 saturated heterocycles. The number of aromatic nitrogens is 2. The van der Waals surface area contributed by atoms with Crippen LogP contribution < -0.4 is 10.5 Å². The van der Waals surface area contributed by atoms with Crippen LogP contribution in [0.25, 0.3) is 5.69 Å². The van der Waals surface area contributed by atoms with Crippen molar-refractivity contribution in [3.05, 3.63) is 42.0 Å². The van der Waals surface area contributed by atoms with E-state index in [1.165, 1.54) is 0 Å². The van der Waals surface area contributed by atoms with Crippen LogP contribution in [-0.2, 0) is 6.54 Å². The van der Waals surface area contributed by atoms with Crippen molar-refractivity contribution in [1.29, 1.82) is 0 Å². The minimum absolute atomic E-state index is 0.429. The third-order valence-corrected chi connectivity index (χ3v) is 2.56. The molecule has 0 fully saturated rings. The molecule has 2 aromatic rings. The maximum absolute atomic E-state index is 5.62. The molecule has 4 nitrogen and oxygen atoms in total. The lowest BCUT2D eigenvalue weighted by molar-refractivity contribution is 0.411. The number of benzene rings is 1. The van der Waals surface area contributed by atoms with Crippen LogP contribution in [0.5, 0.6) is 5.75 Å². The number of nitrogens with two attached hydrogens (primary N) is 1. The van der Waals surface area contributed by atoms with Gasteiger partial charge in [-0.15, -0.1) is 0 Å². The summed E-state index contributed by atoms with van der Waals surface area (Å²) in [5.41, 5.74) is 7.76. The Labute approximate surface area is 94.7 Å². The van der Waals surface area contributed by atoms with Crippen molar-refractivity contribution >= 4 is 0 Å². The summed E-state index contributed by atoms with van der Waals surface area (Å²) in [5.74, 6) is 1.74. The average molecular weight is 217 g/mol. The van der Waals surface area contributed by atoms with Crippen LogP contribution in [0.1, 0.15) is 11.4 Å². The summed E-state index contributed by atoms with van der Waals surface area (Å²) in [6.45, 7) is 2.44. The number of methoxy groups -OCH3 is 1. The molecule has 0 atom stereocenters. The van der Waals surface area contributed by atoms with Crippen LogP contribution in [0.2, 0.25) is 0 Å². The van der Waals surface area contributed by atoms with E-state index in [2.05, 4.69) is 11.1 Å². The summed E-state index contributed by atoms with van der Waals surface area (Å²) in [6.07, 6.45) is 3.66. The van der Waals surface area contributed by atoms with Crippen molar-refractivity contribution in [2.75, 3.05) is 7.11 Å². The van der Waals surface area contributed by atoms with E-state index in [9.17, 15) is 0 Å². The SMILES string of the molecule is COc1ccc(-n2ccnc2CN)cc1C. The molecule has 0 saturated carbocycles. The summed E-state index contributed by atoms with van der Waals surface area (Å²) in [4.78, 5) is 4.19. The molecule has 2 rings (SSSR count). The molecule has 0 aliphatic heterocycles. The van der Waals surface area contributed by atoms with Crippen LogP contribution in [0.15, 0.2) is 30.6 Å². The minimum Gasteiger partial charge on any atom is -0.496 e. The number of aryl methyl sites for hydroxylation is 1. The lowest BCUT2D eigenvalue weighted by atomic mass is 10.2. The van der Waals surface area contributed by atoms with E-state index in [-0.39, 0.29) is 0 Å². The Morgan fingerprint density at radius 3 is 2.88 bits per heavy atom. The molecular formula is C12H15N3O. The van der Waals surface area contributed by atoms with Gasteiger partial charge in [0.25, 0.3) is 0 Å². The van der Waals surface area contributed by atoms with Gasteiger partial charge in [-0.1, -0.05) is 0 Å². The Morgan fingerprint density at radius 2 is 2.25 bits per heavy atom. The van der Waals surface area contributed by atoms with E-state index in [1.54, 1.807) is 13.3 Å². The molecule has 0 aliphatic rings. The molecule has 0 spiro atoms. The number of hydrogen-bond acceptors (Lipinski definition) is 3. The molecule has 84 valence electrons. The van der Waals surface area contributed by atoms with Gasteiger partial charge >= 0.3 is 0 Å². The summed E-state index contributed by atoms with van der Waals surface area (Å²) in [5, 5.41) is 0. The molecule has 2 N–H and O–H groups in total. The third kappa shape index (κ3) is 1.79. The number of rotatable bonds is 3. The van der Waals surface area contributed by atoms with Gasteiger partial charge in [0.1, 0.15) is 11.6 Å². The Morgan fingerprint density at radius 1 is 1.44 bits per heavy atom. The molecule has 0 aliphatic carbocycles. The van der Waals surface area contributed by atoms with Gasteiger partial charge in [0.05, 0.1) is 13.7 Å². The van der Waals surface area contributed by atoms with Crippen LogP contribution in [0.3, 0.4) is 0 Å². The van der Waals surface area contributed by atoms with Crippen molar-refractivity contribution in [2.24, 2.45) is 5.73 Å². The van der Waals surface area contributed by atoms with Gasteiger partial charge in [0, 0.05) is 18.1 Å². The summed E-state index contributed by atoms with van der Waals surface area (Å²) in [6, 6.07) is 6.00. The van der Waals surface area contributed by atoms with Crippen molar-refractivity contribution in [2.45, 2.75) is 13.5 Å². The maximum atomic E-state index is 5.62. The normalized spacial score (nSPS) is 10.4. The second-order valence-electron chi connectivity index (χ2n) is 3.57. The first-order valence-corrected chi connectivity index (χ1v) is 5.13. The largest absolute Gasteiger partial charge is 0.496 e. The molecule has 0 amide bonds. The van der Waals surface area contributed by atoms with Gasteiger partial charge in [-0.25, -0.2) is 4.98 Å². The highest BCUT2D eigenvalue weighted by molar-refractivity contribution is 5.44. The quantitative estimate of drug-likeness (QED) is 0.850. The summed E-state index contributed by atoms with van der Waals surface area (Å²) >= 11 is 0. The van der Waals surface area contributed by atoms with Crippen molar-refractivity contribution in [3.63, 3.8) is 0 Å². The molecule has 16 heavy (non-hydrogen) atoms. The first-order valence-electron chi connectivity index (χ1n) is 5.13. The summed E-state index contributed by atoms with van der Waals surface area (Å²) in [7, 11) is 1.67. The van der Waals surface area contributed by atoms with Crippen molar-refractivity contribution in [3.8, 4) is 11.4 Å². The van der Waals surface area contributed by atoms with E-state index in [0.717, 1.165) is 22.8 Å². The second kappa shape index (κ2) is 4.37. The van der Waals surface area contributed by atoms with E-state index < -0.39 is 0 Å². The van der Waals surface area contributed by atoms with E-state index in [4.69, 9.17) is 10.5 Å². The molecule has 0 unspecified atom stereocenters.